The van der Waals surface area contributed by atoms with Crippen LogP contribution in [0.5, 0.6) is 0 Å². The molecule has 1 aromatic heterocycles. The van der Waals surface area contributed by atoms with Crippen LogP contribution in [-0.2, 0) is 22.6 Å². The molecule has 0 unspecified atom stereocenters. The fourth-order valence-corrected chi connectivity index (χ4v) is 3.73. The van der Waals surface area contributed by atoms with Crippen LogP contribution in [0.1, 0.15) is 68.2 Å². The molecule has 3 aliphatic rings. The summed E-state index contributed by atoms with van der Waals surface area (Å²) in [5.74, 6) is 2.45. The molecular formula is C18H25N3O3. The van der Waals surface area contributed by atoms with Crippen LogP contribution in [0.4, 0.5) is 0 Å². The van der Waals surface area contributed by atoms with E-state index in [1.54, 1.807) is 4.90 Å². The first-order valence-corrected chi connectivity index (χ1v) is 9.25. The molecule has 1 saturated heterocycles. The summed E-state index contributed by atoms with van der Waals surface area (Å²) in [6.07, 6.45) is 7.91. The predicted octanol–water partition coefficient (Wildman–Crippen LogP) is 2.23. The molecule has 1 saturated carbocycles. The second-order valence-electron chi connectivity index (χ2n) is 7.24. The lowest BCUT2D eigenvalue weighted by molar-refractivity contribution is -0.140. The van der Waals surface area contributed by atoms with E-state index in [0.29, 0.717) is 32.0 Å². The number of nitrogens with zero attached hydrogens (tertiary/aromatic N) is 3. The molecular weight excluding hydrogens is 306 g/mol. The summed E-state index contributed by atoms with van der Waals surface area (Å²) in [7, 11) is 0. The average molecular weight is 331 g/mol. The van der Waals surface area contributed by atoms with Gasteiger partial charge in [0.25, 0.3) is 0 Å². The van der Waals surface area contributed by atoms with E-state index in [0.717, 1.165) is 43.0 Å². The molecule has 2 aliphatic heterocycles. The molecule has 0 spiro atoms. The number of amides is 2. The van der Waals surface area contributed by atoms with Gasteiger partial charge < -0.3 is 14.2 Å². The van der Waals surface area contributed by atoms with E-state index in [9.17, 15) is 9.59 Å². The Morgan fingerprint density at radius 1 is 1.12 bits per heavy atom. The number of oxazole rings is 1. The number of carbonyl (C=O) groups is 2. The highest BCUT2D eigenvalue weighted by Crippen LogP contribution is 2.37. The van der Waals surface area contributed by atoms with Gasteiger partial charge in [0.1, 0.15) is 11.5 Å². The maximum Gasteiger partial charge on any atom is 0.242 e. The van der Waals surface area contributed by atoms with Crippen LogP contribution in [0.25, 0.3) is 0 Å². The van der Waals surface area contributed by atoms with Crippen molar-refractivity contribution < 1.29 is 14.0 Å². The van der Waals surface area contributed by atoms with Crippen molar-refractivity contribution in [2.45, 2.75) is 63.8 Å². The summed E-state index contributed by atoms with van der Waals surface area (Å²) in [4.78, 5) is 32.9. The summed E-state index contributed by atoms with van der Waals surface area (Å²) >= 11 is 0. The largest absolute Gasteiger partial charge is 0.445 e. The van der Waals surface area contributed by atoms with Gasteiger partial charge in [-0.15, -0.1) is 0 Å². The second kappa shape index (κ2) is 6.57. The van der Waals surface area contributed by atoms with Crippen molar-refractivity contribution in [2.75, 3.05) is 19.6 Å². The Morgan fingerprint density at radius 2 is 2.00 bits per heavy atom. The van der Waals surface area contributed by atoms with E-state index in [2.05, 4.69) is 4.98 Å². The molecule has 1 aliphatic carbocycles. The second-order valence-corrected chi connectivity index (χ2v) is 7.24. The number of hydrogen-bond donors (Lipinski definition) is 0. The molecule has 6 nitrogen and oxygen atoms in total. The van der Waals surface area contributed by atoms with E-state index in [1.165, 1.54) is 19.3 Å². The van der Waals surface area contributed by atoms with Crippen LogP contribution in [0.15, 0.2) is 4.42 Å². The Bertz CT molecular complexity index is 635. The van der Waals surface area contributed by atoms with Gasteiger partial charge in [0.15, 0.2) is 5.89 Å². The van der Waals surface area contributed by atoms with Crippen LogP contribution in [0, 0.1) is 0 Å². The van der Waals surface area contributed by atoms with Gasteiger partial charge >= 0.3 is 0 Å². The van der Waals surface area contributed by atoms with Gasteiger partial charge in [-0.3, -0.25) is 9.59 Å². The van der Waals surface area contributed by atoms with Gasteiger partial charge in [0.2, 0.25) is 11.8 Å². The fourth-order valence-electron chi connectivity index (χ4n) is 3.73. The lowest BCUT2D eigenvalue weighted by atomic mass is 9.85. The summed E-state index contributed by atoms with van der Waals surface area (Å²) in [6, 6.07) is 0. The number of carbonyl (C=O) groups excluding carboxylic acids is 2. The van der Waals surface area contributed by atoms with Crippen molar-refractivity contribution in [3.05, 3.63) is 17.3 Å². The SMILES string of the molecule is O=C1CCCCCN1CC(=O)N1CCc2oc(C3CCC3)nc2C1. The number of fused-ring (bicyclic) bond motifs is 1. The standard InChI is InChI=1S/C18H25N3O3/c22-16-7-2-1-3-9-20(16)12-17(23)21-10-8-15-14(11-21)19-18(24-15)13-5-4-6-13/h13H,1-12H2. The number of hydrogen-bond acceptors (Lipinski definition) is 4. The minimum atomic E-state index is 0.0316. The van der Waals surface area contributed by atoms with E-state index >= 15 is 0 Å². The summed E-state index contributed by atoms with van der Waals surface area (Å²) in [6.45, 7) is 2.10. The van der Waals surface area contributed by atoms with Crippen molar-refractivity contribution in [2.24, 2.45) is 0 Å². The monoisotopic (exact) mass is 331 g/mol. The van der Waals surface area contributed by atoms with Crippen molar-refractivity contribution >= 4 is 11.8 Å². The third-order valence-electron chi connectivity index (χ3n) is 5.55. The molecule has 4 rings (SSSR count). The lowest BCUT2D eigenvalue weighted by Gasteiger charge is -2.28. The van der Waals surface area contributed by atoms with Crippen LogP contribution < -0.4 is 0 Å². The third kappa shape index (κ3) is 3.06. The fraction of sp³-hybridized carbons (Fsp3) is 0.722. The van der Waals surface area contributed by atoms with Gasteiger partial charge in [-0.1, -0.05) is 12.8 Å². The van der Waals surface area contributed by atoms with E-state index in [1.807, 2.05) is 4.90 Å². The normalized spacial score (nSPS) is 22.1. The Labute approximate surface area is 142 Å². The van der Waals surface area contributed by atoms with Crippen LogP contribution >= 0.6 is 0 Å². The molecule has 0 aromatic carbocycles. The highest BCUT2D eigenvalue weighted by molar-refractivity contribution is 5.85. The highest BCUT2D eigenvalue weighted by Gasteiger charge is 2.31. The summed E-state index contributed by atoms with van der Waals surface area (Å²) in [5.41, 5.74) is 0.915. The van der Waals surface area contributed by atoms with Crippen LogP contribution in [-0.4, -0.2) is 46.2 Å². The van der Waals surface area contributed by atoms with E-state index in [4.69, 9.17) is 4.42 Å². The lowest BCUT2D eigenvalue weighted by Crippen LogP contribution is -2.44. The Hall–Kier alpha value is -1.85. The molecule has 2 fully saturated rings. The number of aromatic nitrogens is 1. The van der Waals surface area contributed by atoms with Gasteiger partial charge in [0, 0.05) is 31.8 Å². The maximum absolute atomic E-state index is 12.6. The minimum absolute atomic E-state index is 0.0316. The topological polar surface area (TPSA) is 66.7 Å². The smallest absolute Gasteiger partial charge is 0.242 e. The zero-order valence-corrected chi connectivity index (χ0v) is 14.1. The zero-order chi connectivity index (χ0) is 16.5. The Balaban J connectivity index is 1.39. The highest BCUT2D eigenvalue weighted by atomic mass is 16.4. The summed E-state index contributed by atoms with van der Waals surface area (Å²) in [5, 5.41) is 0. The van der Waals surface area contributed by atoms with Crippen LogP contribution in [0.2, 0.25) is 0 Å². The van der Waals surface area contributed by atoms with Crippen molar-refractivity contribution in [3.8, 4) is 0 Å². The molecule has 0 N–H and O–H groups in total. The summed E-state index contributed by atoms with van der Waals surface area (Å²) < 4.78 is 5.91. The van der Waals surface area contributed by atoms with E-state index in [-0.39, 0.29) is 18.4 Å². The molecule has 24 heavy (non-hydrogen) atoms. The van der Waals surface area contributed by atoms with Gasteiger partial charge in [-0.2, -0.15) is 0 Å². The molecule has 6 heteroatoms. The first kappa shape index (κ1) is 15.7. The molecule has 2 amide bonds. The average Bonchev–Trinajstić information content (AvgIpc) is 2.82. The van der Waals surface area contributed by atoms with Crippen LogP contribution in [0.3, 0.4) is 0 Å². The Kier molecular flexibility index (Phi) is 4.29. The van der Waals surface area contributed by atoms with Gasteiger partial charge in [0.05, 0.1) is 13.1 Å². The molecule has 130 valence electrons. The number of likely N-dealkylation sites (tertiary alicyclic amines) is 1. The maximum atomic E-state index is 12.6. The van der Waals surface area contributed by atoms with Gasteiger partial charge in [-0.05, 0) is 25.7 Å². The van der Waals surface area contributed by atoms with E-state index < -0.39 is 0 Å². The predicted molar refractivity (Wildman–Crippen MR) is 87.3 cm³/mol. The molecule has 1 aromatic rings. The molecule has 3 heterocycles. The third-order valence-corrected chi connectivity index (χ3v) is 5.55. The molecule has 0 radical (unpaired) electrons. The Morgan fingerprint density at radius 3 is 2.79 bits per heavy atom. The van der Waals surface area contributed by atoms with Crippen molar-refractivity contribution in [1.82, 2.24) is 14.8 Å². The first-order valence-electron chi connectivity index (χ1n) is 9.25. The molecule has 0 bridgehead atoms. The molecule has 0 atom stereocenters. The van der Waals surface area contributed by atoms with Crippen molar-refractivity contribution in [1.29, 1.82) is 0 Å². The first-order chi connectivity index (χ1) is 11.7. The van der Waals surface area contributed by atoms with Crippen molar-refractivity contribution in [3.63, 3.8) is 0 Å². The van der Waals surface area contributed by atoms with Gasteiger partial charge in [-0.25, -0.2) is 4.98 Å². The quantitative estimate of drug-likeness (QED) is 0.852. The minimum Gasteiger partial charge on any atom is -0.445 e. The number of rotatable bonds is 3. The zero-order valence-electron chi connectivity index (χ0n) is 14.1.